The van der Waals surface area contributed by atoms with Gasteiger partial charge in [-0.3, -0.25) is 14.7 Å². The maximum atomic E-state index is 12.7. The van der Waals surface area contributed by atoms with Crippen LogP contribution in [0.25, 0.3) is 0 Å². The summed E-state index contributed by atoms with van der Waals surface area (Å²) in [6, 6.07) is 11.2. The number of rotatable bonds is 8. The van der Waals surface area contributed by atoms with E-state index >= 15 is 0 Å². The van der Waals surface area contributed by atoms with Crippen molar-refractivity contribution in [2.45, 2.75) is 33.2 Å². The molecule has 1 aliphatic rings. The third-order valence-corrected chi connectivity index (χ3v) is 5.47. The highest BCUT2D eigenvalue weighted by atomic mass is 16.2. The highest BCUT2D eigenvalue weighted by molar-refractivity contribution is 5.95. The molecular formula is C24H33N5O2. The van der Waals surface area contributed by atoms with Crippen molar-refractivity contribution in [1.82, 2.24) is 19.7 Å². The molecule has 7 heteroatoms. The highest BCUT2D eigenvalue weighted by Gasteiger charge is 2.21. The first-order chi connectivity index (χ1) is 15.1. The van der Waals surface area contributed by atoms with E-state index in [0.29, 0.717) is 24.3 Å². The van der Waals surface area contributed by atoms with E-state index in [2.05, 4.69) is 29.0 Å². The summed E-state index contributed by atoms with van der Waals surface area (Å²) >= 11 is 0. The molecule has 0 aliphatic carbocycles. The molecule has 31 heavy (non-hydrogen) atoms. The molecule has 166 valence electrons. The number of piperazine rings is 1. The normalized spacial score (nSPS) is 14.3. The van der Waals surface area contributed by atoms with Gasteiger partial charge in [-0.05, 0) is 54.8 Å². The molecule has 1 saturated heterocycles. The van der Waals surface area contributed by atoms with Crippen LogP contribution in [0.2, 0.25) is 0 Å². The van der Waals surface area contributed by atoms with Crippen molar-refractivity contribution >= 4 is 17.6 Å². The number of anilines is 1. The summed E-state index contributed by atoms with van der Waals surface area (Å²) in [6.45, 7) is 9.62. The zero-order valence-corrected chi connectivity index (χ0v) is 18.6. The lowest BCUT2D eigenvalue weighted by Crippen LogP contribution is -2.49. The summed E-state index contributed by atoms with van der Waals surface area (Å²) < 4.78 is 0. The minimum Gasteiger partial charge on any atom is -0.339 e. The van der Waals surface area contributed by atoms with Crippen LogP contribution in [0.4, 0.5) is 10.5 Å². The van der Waals surface area contributed by atoms with Crippen LogP contribution >= 0.6 is 0 Å². The third kappa shape index (κ3) is 6.52. The zero-order valence-electron chi connectivity index (χ0n) is 18.6. The number of pyridine rings is 1. The average Bonchev–Trinajstić information content (AvgIpc) is 2.80. The first kappa shape index (κ1) is 22.7. The van der Waals surface area contributed by atoms with Gasteiger partial charge in [0.2, 0.25) is 0 Å². The Labute approximate surface area is 185 Å². The second kappa shape index (κ2) is 11.5. The van der Waals surface area contributed by atoms with Gasteiger partial charge in [-0.2, -0.15) is 0 Å². The molecule has 0 unspecified atom stereocenters. The van der Waals surface area contributed by atoms with E-state index in [1.54, 1.807) is 24.3 Å². The Bertz CT molecular complexity index is 827. The van der Waals surface area contributed by atoms with Crippen LogP contribution in [0, 0.1) is 0 Å². The SMILES string of the molecule is CCCN(CCC)C(=O)c1ccc(NC(=O)N2CCN(Cc3ccncc3)CC2)cc1. The van der Waals surface area contributed by atoms with Crippen LogP contribution in [0.5, 0.6) is 0 Å². The Hall–Kier alpha value is -2.93. The van der Waals surface area contributed by atoms with Gasteiger partial charge in [0.1, 0.15) is 0 Å². The minimum absolute atomic E-state index is 0.0481. The van der Waals surface area contributed by atoms with Crippen LogP contribution in [0.3, 0.4) is 0 Å². The molecule has 0 atom stereocenters. The molecule has 0 spiro atoms. The molecule has 0 radical (unpaired) electrons. The topological polar surface area (TPSA) is 68.8 Å². The fourth-order valence-corrected chi connectivity index (χ4v) is 3.79. The molecular weight excluding hydrogens is 390 g/mol. The molecule has 7 nitrogen and oxygen atoms in total. The molecule has 1 N–H and O–H groups in total. The van der Waals surface area contributed by atoms with Crippen molar-refractivity contribution < 1.29 is 9.59 Å². The van der Waals surface area contributed by atoms with Gasteiger partial charge in [-0.25, -0.2) is 4.79 Å². The summed E-state index contributed by atoms with van der Waals surface area (Å²) in [4.78, 5) is 35.5. The molecule has 0 bridgehead atoms. The van der Waals surface area contributed by atoms with Crippen LogP contribution < -0.4 is 5.32 Å². The Morgan fingerprint density at radius 1 is 0.935 bits per heavy atom. The third-order valence-electron chi connectivity index (χ3n) is 5.47. The second-order valence-electron chi connectivity index (χ2n) is 7.92. The molecule has 1 fully saturated rings. The van der Waals surface area contributed by atoms with Crippen molar-refractivity contribution in [1.29, 1.82) is 0 Å². The maximum Gasteiger partial charge on any atom is 0.321 e. The van der Waals surface area contributed by atoms with Gasteiger partial charge in [0, 0.05) is 69.5 Å². The molecule has 1 aromatic carbocycles. The van der Waals surface area contributed by atoms with E-state index in [1.807, 2.05) is 34.3 Å². The highest BCUT2D eigenvalue weighted by Crippen LogP contribution is 2.14. The molecule has 0 saturated carbocycles. The van der Waals surface area contributed by atoms with E-state index in [4.69, 9.17) is 0 Å². The average molecular weight is 424 g/mol. The molecule has 2 aromatic rings. The van der Waals surface area contributed by atoms with Crippen molar-refractivity contribution in [2.24, 2.45) is 0 Å². The number of amides is 3. The summed E-state index contributed by atoms with van der Waals surface area (Å²) in [5, 5.41) is 2.96. The van der Waals surface area contributed by atoms with Gasteiger partial charge >= 0.3 is 6.03 Å². The smallest absolute Gasteiger partial charge is 0.321 e. The Balaban J connectivity index is 1.49. The van der Waals surface area contributed by atoms with Gasteiger partial charge in [-0.15, -0.1) is 0 Å². The van der Waals surface area contributed by atoms with Gasteiger partial charge in [-0.1, -0.05) is 13.8 Å². The first-order valence-corrected chi connectivity index (χ1v) is 11.2. The molecule has 1 aromatic heterocycles. The fourth-order valence-electron chi connectivity index (χ4n) is 3.79. The number of hydrogen-bond acceptors (Lipinski definition) is 4. The number of carbonyl (C=O) groups is 2. The number of carbonyl (C=O) groups excluding carboxylic acids is 2. The van der Waals surface area contributed by atoms with Crippen LogP contribution in [0.1, 0.15) is 42.6 Å². The Morgan fingerprint density at radius 3 is 2.13 bits per heavy atom. The lowest BCUT2D eigenvalue weighted by Gasteiger charge is -2.34. The predicted octanol–water partition coefficient (Wildman–Crippen LogP) is 3.69. The van der Waals surface area contributed by atoms with Gasteiger partial charge in [0.15, 0.2) is 0 Å². The van der Waals surface area contributed by atoms with E-state index in [-0.39, 0.29) is 11.9 Å². The second-order valence-corrected chi connectivity index (χ2v) is 7.92. The zero-order chi connectivity index (χ0) is 22.1. The van der Waals surface area contributed by atoms with Crippen molar-refractivity contribution in [3.8, 4) is 0 Å². The quantitative estimate of drug-likeness (QED) is 0.703. The van der Waals surface area contributed by atoms with Gasteiger partial charge in [0.05, 0.1) is 0 Å². The van der Waals surface area contributed by atoms with Crippen LogP contribution in [-0.2, 0) is 6.54 Å². The molecule has 1 aliphatic heterocycles. The first-order valence-electron chi connectivity index (χ1n) is 11.2. The van der Waals surface area contributed by atoms with Crippen LogP contribution in [0.15, 0.2) is 48.8 Å². The van der Waals surface area contributed by atoms with Crippen molar-refractivity contribution in [2.75, 3.05) is 44.6 Å². The Kier molecular flexibility index (Phi) is 8.41. The number of aromatic nitrogens is 1. The maximum absolute atomic E-state index is 12.7. The number of nitrogens with one attached hydrogen (secondary N) is 1. The van der Waals surface area contributed by atoms with Crippen molar-refractivity contribution in [3.05, 3.63) is 59.9 Å². The lowest BCUT2D eigenvalue weighted by molar-refractivity contribution is 0.0755. The summed E-state index contributed by atoms with van der Waals surface area (Å²) in [7, 11) is 0. The fraction of sp³-hybridized carbons (Fsp3) is 0.458. The number of hydrogen-bond donors (Lipinski definition) is 1. The summed E-state index contributed by atoms with van der Waals surface area (Å²) in [5.74, 6) is 0.0481. The predicted molar refractivity (Wildman–Crippen MR) is 123 cm³/mol. The number of benzene rings is 1. The number of nitrogens with zero attached hydrogens (tertiary/aromatic N) is 4. The van der Waals surface area contributed by atoms with E-state index in [9.17, 15) is 9.59 Å². The van der Waals surface area contributed by atoms with E-state index < -0.39 is 0 Å². The van der Waals surface area contributed by atoms with Crippen molar-refractivity contribution in [3.63, 3.8) is 0 Å². The summed E-state index contributed by atoms with van der Waals surface area (Å²) in [5.41, 5.74) is 2.60. The number of urea groups is 1. The van der Waals surface area contributed by atoms with Crippen LogP contribution in [-0.4, -0.2) is 70.9 Å². The summed E-state index contributed by atoms with van der Waals surface area (Å²) in [6.07, 6.45) is 5.50. The van der Waals surface area contributed by atoms with Gasteiger partial charge in [0.25, 0.3) is 5.91 Å². The minimum atomic E-state index is -0.0961. The largest absolute Gasteiger partial charge is 0.339 e. The Morgan fingerprint density at radius 2 is 1.55 bits per heavy atom. The molecule has 3 amide bonds. The standard InChI is InChI=1S/C24H33N5O2/c1-3-13-28(14-4-2)23(30)21-5-7-22(8-6-21)26-24(31)29-17-15-27(16-18-29)19-20-9-11-25-12-10-20/h5-12H,3-4,13-19H2,1-2H3,(H,26,31). The molecule has 3 rings (SSSR count). The monoisotopic (exact) mass is 423 g/mol. The molecule has 2 heterocycles. The van der Waals surface area contributed by atoms with Gasteiger partial charge < -0.3 is 15.1 Å². The van der Waals surface area contributed by atoms with E-state index in [1.165, 1.54) is 5.56 Å². The van der Waals surface area contributed by atoms with E-state index in [0.717, 1.165) is 45.6 Å². The lowest BCUT2D eigenvalue weighted by atomic mass is 10.1.